The molecule has 1 unspecified atom stereocenters. The maximum Gasteiger partial charge on any atom is 0.181 e. The molecule has 154 valence electrons. The van der Waals surface area contributed by atoms with Crippen LogP contribution in [-0.2, 0) is 23.3 Å². The van der Waals surface area contributed by atoms with Gasteiger partial charge in [-0.1, -0.05) is 42.5 Å². The topological polar surface area (TPSA) is 87.2 Å². The Labute approximate surface area is 172 Å². The van der Waals surface area contributed by atoms with Crippen molar-refractivity contribution in [2.75, 3.05) is 18.9 Å². The molecule has 0 radical (unpaired) electrons. The van der Waals surface area contributed by atoms with E-state index < -0.39 is 9.84 Å². The number of nitrogens with zero attached hydrogens (tertiary/aromatic N) is 2. The summed E-state index contributed by atoms with van der Waals surface area (Å²) in [6, 6.07) is 18.2. The normalized spacial score (nSPS) is 12.6. The van der Waals surface area contributed by atoms with Crippen LogP contribution in [0, 0.1) is 0 Å². The van der Waals surface area contributed by atoms with Crippen molar-refractivity contribution in [2.24, 2.45) is 12.8 Å². The molecule has 0 saturated heterocycles. The van der Waals surface area contributed by atoms with Crippen LogP contribution in [0.5, 0.6) is 5.75 Å². The minimum atomic E-state index is -3.33. The van der Waals surface area contributed by atoms with E-state index in [1.54, 1.807) is 7.05 Å². The standard InChI is InChI=1S/C22H27N3O3S/c1-25-17-22(16-24-25)29(26,27)12-6-11-28-21-10-5-9-19(14-21)20(15-23)13-18-7-3-2-4-8-18/h2-5,7-10,14,16-17,20H,6,11-13,15,23H2,1H3. The minimum absolute atomic E-state index is 0.0256. The molecule has 1 atom stereocenters. The summed E-state index contributed by atoms with van der Waals surface area (Å²) in [7, 11) is -1.64. The molecule has 0 aliphatic heterocycles. The molecule has 6 nitrogen and oxygen atoms in total. The highest BCUT2D eigenvalue weighted by atomic mass is 32.2. The zero-order valence-electron chi connectivity index (χ0n) is 16.6. The van der Waals surface area contributed by atoms with Crippen LogP contribution in [0.15, 0.2) is 71.9 Å². The van der Waals surface area contributed by atoms with Crippen LogP contribution in [-0.4, -0.2) is 37.1 Å². The molecule has 0 aliphatic rings. The molecule has 0 spiro atoms. The summed E-state index contributed by atoms with van der Waals surface area (Å²) in [5.74, 6) is 0.956. The maximum atomic E-state index is 12.3. The van der Waals surface area contributed by atoms with Gasteiger partial charge in [0.05, 0.1) is 18.6 Å². The molecule has 0 bridgehead atoms. The summed E-state index contributed by atoms with van der Waals surface area (Å²) in [6.07, 6.45) is 4.16. The molecule has 0 fully saturated rings. The van der Waals surface area contributed by atoms with Gasteiger partial charge in [0.25, 0.3) is 0 Å². The van der Waals surface area contributed by atoms with Gasteiger partial charge in [0, 0.05) is 19.2 Å². The maximum absolute atomic E-state index is 12.3. The zero-order valence-corrected chi connectivity index (χ0v) is 17.4. The van der Waals surface area contributed by atoms with Gasteiger partial charge in [-0.2, -0.15) is 5.10 Å². The first-order valence-electron chi connectivity index (χ1n) is 9.66. The van der Waals surface area contributed by atoms with Crippen LogP contribution in [0.1, 0.15) is 23.5 Å². The zero-order chi connectivity index (χ0) is 20.7. The summed E-state index contributed by atoms with van der Waals surface area (Å²) < 4.78 is 31.9. The number of aromatic nitrogens is 2. The summed E-state index contributed by atoms with van der Waals surface area (Å²) in [4.78, 5) is 0.244. The predicted octanol–water partition coefficient (Wildman–Crippen LogP) is 2.95. The molecule has 0 saturated carbocycles. The fourth-order valence-electron chi connectivity index (χ4n) is 3.21. The van der Waals surface area contributed by atoms with Gasteiger partial charge in [-0.15, -0.1) is 0 Å². The van der Waals surface area contributed by atoms with Gasteiger partial charge in [0.1, 0.15) is 10.6 Å². The fourth-order valence-corrected chi connectivity index (χ4v) is 4.46. The van der Waals surface area contributed by atoms with Crippen LogP contribution in [0.4, 0.5) is 0 Å². The Kier molecular flexibility index (Phi) is 7.06. The number of hydrogen-bond donors (Lipinski definition) is 1. The minimum Gasteiger partial charge on any atom is -0.494 e. The van der Waals surface area contributed by atoms with Gasteiger partial charge in [-0.25, -0.2) is 8.42 Å². The van der Waals surface area contributed by atoms with Gasteiger partial charge in [-0.05, 0) is 42.6 Å². The van der Waals surface area contributed by atoms with Crippen LogP contribution in [0.2, 0.25) is 0 Å². The van der Waals surface area contributed by atoms with Gasteiger partial charge in [0.15, 0.2) is 9.84 Å². The van der Waals surface area contributed by atoms with Gasteiger partial charge >= 0.3 is 0 Å². The Morgan fingerprint density at radius 2 is 1.93 bits per heavy atom. The van der Waals surface area contributed by atoms with Crippen molar-refractivity contribution in [3.63, 3.8) is 0 Å². The lowest BCUT2D eigenvalue weighted by molar-refractivity contribution is 0.317. The van der Waals surface area contributed by atoms with Crippen molar-refractivity contribution in [2.45, 2.75) is 23.7 Å². The van der Waals surface area contributed by atoms with Crippen molar-refractivity contribution >= 4 is 9.84 Å². The quantitative estimate of drug-likeness (QED) is 0.517. The molecule has 0 amide bonds. The van der Waals surface area contributed by atoms with Crippen LogP contribution in [0.25, 0.3) is 0 Å². The first kappa shape index (κ1) is 21.1. The Morgan fingerprint density at radius 3 is 2.62 bits per heavy atom. The van der Waals surface area contributed by atoms with E-state index in [-0.39, 0.29) is 16.6 Å². The lowest BCUT2D eigenvalue weighted by Crippen LogP contribution is -2.15. The first-order chi connectivity index (χ1) is 14.0. The number of sulfone groups is 1. The second-order valence-electron chi connectivity index (χ2n) is 7.07. The number of benzene rings is 2. The average molecular weight is 414 g/mol. The van der Waals surface area contributed by atoms with Crippen LogP contribution >= 0.6 is 0 Å². The highest BCUT2D eigenvalue weighted by Gasteiger charge is 2.16. The predicted molar refractivity (Wildman–Crippen MR) is 114 cm³/mol. The summed E-state index contributed by atoms with van der Waals surface area (Å²) >= 11 is 0. The monoisotopic (exact) mass is 413 g/mol. The molecule has 3 aromatic rings. The Hall–Kier alpha value is -2.64. The van der Waals surface area contributed by atoms with E-state index >= 15 is 0 Å². The Bertz CT molecular complexity index is 1020. The summed E-state index contributed by atoms with van der Waals surface area (Å²) in [6.45, 7) is 0.872. The number of rotatable bonds is 10. The molecule has 7 heteroatoms. The number of nitrogens with two attached hydrogens (primary N) is 1. The average Bonchev–Trinajstić information content (AvgIpc) is 3.18. The third kappa shape index (κ3) is 5.92. The fraction of sp³-hybridized carbons (Fsp3) is 0.318. The van der Waals surface area contributed by atoms with E-state index in [1.165, 1.54) is 22.6 Å². The van der Waals surface area contributed by atoms with Crippen LogP contribution in [0.3, 0.4) is 0 Å². The molecular formula is C22H27N3O3S. The molecule has 2 N–H and O–H groups in total. The van der Waals surface area contributed by atoms with E-state index in [9.17, 15) is 8.42 Å². The van der Waals surface area contributed by atoms with Crippen molar-refractivity contribution in [1.29, 1.82) is 0 Å². The first-order valence-corrected chi connectivity index (χ1v) is 11.3. The number of hydrogen-bond acceptors (Lipinski definition) is 5. The second kappa shape index (κ2) is 9.71. The van der Waals surface area contributed by atoms with E-state index in [0.717, 1.165) is 17.7 Å². The third-order valence-electron chi connectivity index (χ3n) is 4.81. The molecule has 3 rings (SSSR count). The Morgan fingerprint density at radius 1 is 1.14 bits per heavy atom. The largest absolute Gasteiger partial charge is 0.494 e. The van der Waals surface area contributed by atoms with Crippen molar-refractivity contribution in [1.82, 2.24) is 9.78 Å². The molecule has 29 heavy (non-hydrogen) atoms. The highest BCUT2D eigenvalue weighted by molar-refractivity contribution is 7.91. The van der Waals surface area contributed by atoms with Crippen molar-refractivity contribution < 1.29 is 13.2 Å². The number of aryl methyl sites for hydroxylation is 1. The van der Waals surface area contributed by atoms with Crippen molar-refractivity contribution in [3.05, 3.63) is 78.1 Å². The SMILES string of the molecule is Cn1cc(S(=O)(=O)CCCOc2cccc(C(CN)Cc3ccccc3)c2)cn1. The van der Waals surface area contributed by atoms with E-state index in [4.69, 9.17) is 10.5 Å². The molecule has 2 aromatic carbocycles. The van der Waals surface area contributed by atoms with E-state index in [2.05, 4.69) is 23.3 Å². The smallest absolute Gasteiger partial charge is 0.181 e. The molecule has 0 aliphatic carbocycles. The number of ether oxygens (including phenoxy) is 1. The van der Waals surface area contributed by atoms with Gasteiger partial charge in [-0.3, -0.25) is 4.68 Å². The van der Waals surface area contributed by atoms with E-state index in [1.807, 2.05) is 36.4 Å². The van der Waals surface area contributed by atoms with Crippen molar-refractivity contribution in [3.8, 4) is 5.75 Å². The third-order valence-corrected chi connectivity index (χ3v) is 6.56. The van der Waals surface area contributed by atoms with E-state index in [0.29, 0.717) is 19.6 Å². The highest BCUT2D eigenvalue weighted by Crippen LogP contribution is 2.24. The molecule has 1 heterocycles. The molecule has 1 aromatic heterocycles. The molecular weight excluding hydrogens is 386 g/mol. The van der Waals surface area contributed by atoms with Crippen LogP contribution < -0.4 is 10.5 Å². The lowest BCUT2D eigenvalue weighted by Gasteiger charge is -2.17. The van der Waals surface area contributed by atoms with Gasteiger partial charge < -0.3 is 10.5 Å². The van der Waals surface area contributed by atoms with Gasteiger partial charge in [0.2, 0.25) is 0 Å². The summed E-state index contributed by atoms with van der Waals surface area (Å²) in [5.41, 5.74) is 8.38. The summed E-state index contributed by atoms with van der Waals surface area (Å²) in [5, 5.41) is 3.92. The lowest BCUT2D eigenvalue weighted by atomic mass is 9.92. The Balaban J connectivity index is 1.55. The second-order valence-corrected chi connectivity index (χ2v) is 9.17.